The summed E-state index contributed by atoms with van der Waals surface area (Å²) >= 11 is 1.71. The summed E-state index contributed by atoms with van der Waals surface area (Å²) < 4.78 is 0. The van der Waals surface area contributed by atoms with Crippen molar-refractivity contribution < 1.29 is 0 Å². The highest BCUT2D eigenvalue weighted by Gasteiger charge is 2.05. The lowest BCUT2D eigenvalue weighted by Crippen LogP contribution is -2.07. The first-order chi connectivity index (χ1) is 8.31. The Hall–Kier alpha value is -1.62. The molecule has 0 atom stereocenters. The van der Waals surface area contributed by atoms with E-state index in [1.54, 1.807) is 17.7 Å². The minimum Gasteiger partial charge on any atom is -0.370 e. The molecule has 2 aromatic rings. The Morgan fingerprint density at radius 1 is 1.24 bits per heavy atom. The number of nitrogens with one attached hydrogen (secondary N) is 2. The van der Waals surface area contributed by atoms with Crippen molar-refractivity contribution in [3.63, 3.8) is 0 Å². The van der Waals surface area contributed by atoms with Crippen molar-refractivity contribution in [2.24, 2.45) is 0 Å². The van der Waals surface area contributed by atoms with E-state index in [4.69, 9.17) is 0 Å². The SMILES string of the molecule is CCNc1ncnc(NCc2ccsc2)c1C. The molecule has 0 aromatic carbocycles. The molecule has 0 spiro atoms. The van der Waals surface area contributed by atoms with Crippen LogP contribution >= 0.6 is 11.3 Å². The van der Waals surface area contributed by atoms with Gasteiger partial charge in [-0.15, -0.1) is 0 Å². The third-order valence-electron chi connectivity index (χ3n) is 2.47. The zero-order chi connectivity index (χ0) is 12.1. The predicted molar refractivity (Wildman–Crippen MR) is 72.6 cm³/mol. The van der Waals surface area contributed by atoms with E-state index in [0.717, 1.165) is 30.3 Å². The smallest absolute Gasteiger partial charge is 0.134 e. The number of hydrogen-bond donors (Lipinski definition) is 2. The monoisotopic (exact) mass is 248 g/mol. The van der Waals surface area contributed by atoms with Gasteiger partial charge in [0.05, 0.1) is 0 Å². The second-order valence-electron chi connectivity index (χ2n) is 3.71. The maximum atomic E-state index is 4.26. The maximum Gasteiger partial charge on any atom is 0.134 e. The van der Waals surface area contributed by atoms with Gasteiger partial charge in [0, 0.05) is 18.7 Å². The molecule has 0 aliphatic rings. The van der Waals surface area contributed by atoms with Crippen LogP contribution in [0.4, 0.5) is 11.6 Å². The largest absolute Gasteiger partial charge is 0.370 e. The second-order valence-corrected chi connectivity index (χ2v) is 4.49. The summed E-state index contributed by atoms with van der Waals surface area (Å²) in [5.74, 6) is 1.79. The van der Waals surface area contributed by atoms with Crippen molar-refractivity contribution in [2.45, 2.75) is 20.4 Å². The van der Waals surface area contributed by atoms with Crippen molar-refractivity contribution in [1.82, 2.24) is 9.97 Å². The van der Waals surface area contributed by atoms with Crippen LogP contribution in [0.1, 0.15) is 18.1 Å². The van der Waals surface area contributed by atoms with E-state index in [1.165, 1.54) is 5.56 Å². The summed E-state index contributed by atoms with van der Waals surface area (Å²) in [7, 11) is 0. The average Bonchev–Trinajstić information content (AvgIpc) is 2.83. The molecule has 2 N–H and O–H groups in total. The first-order valence-corrected chi connectivity index (χ1v) is 6.56. The molecule has 90 valence electrons. The van der Waals surface area contributed by atoms with E-state index in [2.05, 4.69) is 44.4 Å². The predicted octanol–water partition coefficient (Wildman–Crippen LogP) is 2.89. The van der Waals surface area contributed by atoms with E-state index in [-0.39, 0.29) is 0 Å². The van der Waals surface area contributed by atoms with Gasteiger partial charge in [-0.3, -0.25) is 0 Å². The van der Waals surface area contributed by atoms with Crippen LogP contribution < -0.4 is 10.6 Å². The number of hydrogen-bond acceptors (Lipinski definition) is 5. The van der Waals surface area contributed by atoms with Gasteiger partial charge < -0.3 is 10.6 Å². The lowest BCUT2D eigenvalue weighted by Gasteiger charge is -2.11. The third-order valence-corrected chi connectivity index (χ3v) is 3.20. The van der Waals surface area contributed by atoms with Gasteiger partial charge in [-0.05, 0) is 36.2 Å². The zero-order valence-corrected chi connectivity index (χ0v) is 10.8. The number of anilines is 2. The Bertz CT molecular complexity index is 467. The summed E-state index contributed by atoms with van der Waals surface area (Å²) in [5.41, 5.74) is 2.34. The molecule has 2 heterocycles. The van der Waals surface area contributed by atoms with Crippen LogP contribution in [0.3, 0.4) is 0 Å². The molecule has 0 amide bonds. The van der Waals surface area contributed by atoms with Crippen molar-refractivity contribution in [3.8, 4) is 0 Å². The molecule has 0 aliphatic carbocycles. The fraction of sp³-hybridized carbons (Fsp3) is 0.333. The van der Waals surface area contributed by atoms with Crippen LogP contribution in [-0.2, 0) is 6.54 Å². The van der Waals surface area contributed by atoms with Crippen molar-refractivity contribution in [3.05, 3.63) is 34.3 Å². The third kappa shape index (κ3) is 2.94. The molecular formula is C12H16N4S. The van der Waals surface area contributed by atoms with E-state index < -0.39 is 0 Å². The summed E-state index contributed by atoms with van der Waals surface area (Å²) in [5, 5.41) is 10.8. The Kier molecular flexibility index (Phi) is 3.93. The molecule has 5 heteroatoms. The molecule has 0 saturated heterocycles. The highest BCUT2D eigenvalue weighted by atomic mass is 32.1. The van der Waals surface area contributed by atoms with Crippen LogP contribution in [0.5, 0.6) is 0 Å². The quantitative estimate of drug-likeness (QED) is 0.854. The van der Waals surface area contributed by atoms with Crippen molar-refractivity contribution in [1.29, 1.82) is 0 Å². The van der Waals surface area contributed by atoms with Gasteiger partial charge >= 0.3 is 0 Å². The normalized spacial score (nSPS) is 10.2. The Labute approximate surface area is 105 Å². The van der Waals surface area contributed by atoms with Crippen LogP contribution in [0.2, 0.25) is 0 Å². The summed E-state index contributed by atoms with van der Waals surface area (Å²) in [4.78, 5) is 8.48. The highest BCUT2D eigenvalue weighted by Crippen LogP contribution is 2.18. The molecule has 0 bridgehead atoms. The molecule has 0 fully saturated rings. The molecule has 2 aromatic heterocycles. The van der Waals surface area contributed by atoms with Gasteiger partial charge in [-0.25, -0.2) is 9.97 Å². The van der Waals surface area contributed by atoms with Crippen molar-refractivity contribution in [2.75, 3.05) is 17.2 Å². The van der Waals surface area contributed by atoms with Gasteiger partial charge in [0.2, 0.25) is 0 Å². The van der Waals surface area contributed by atoms with Crippen LogP contribution in [0.15, 0.2) is 23.2 Å². The van der Waals surface area contributed by atoms with Gasteiger partial charge in [0.1, 0.15) is 18.0 Å². The zero-order valence-electron chi connectivity index (χ0n) is 10.0. The molecular weight excluding hydrogens is 232 g/mol. The van der Waals surface area contributed by atoms with Crippen LogP contribution in [0, 0.1) is 6.92 Å². The minimum atomic E-state index is 0.799. The molecule has 4 nitrogen and oxygen atoms in total. The molecule has 0 unspecified atom stereocenters. The maximum absolute atomic E-state index is 4.26. The van der Waals surface area contributed by atoms with Gasteiger partial charge in [-0.2, -0.15) is 11.3 Å². The molecule has 0 radical (unpaired) electrons. The number of rotatable bonds is 5. The van der Waals surface area contributed by atoms with Crippen LogP contribution in [0.25, 0.3) is 0 Å². The van der Waals surface area contributed by atoms with E-state index in [0.29, 0.717) is 0 Å². The van der Waals surface area contributed by atoms with Gasteiger partial charge in [-0.1, -0.05) is 0 Å². The molecule has 2 rings (SSSR count). The number of thiophene rings is 1. The highest BCUT2D eigenvalue weighted by molar-refractivity contribution is 7.07. The Balaban J connectivity index is 2.07. The lowest BCUT2D eigenvalue weighted by atomic mass is 10.3. The molecule has 0 aliphatic heterocycles. The van der Waals surface area contributed by atoms with E-state index in [1.807, 2.05) is 6.92 Å². The first kappa shape index (κ1) is 11.9. The van der Waals surface area contributed by atoms with E-state index >= 15 is 0 Å². The summed E-state index contributed by atoms with van der Waals surface area (Å²) in [6, 6.07) is 2.11. The summed E-state index contributed by atoms with van der Waals surface area (Å²) in [6.45, 7) is 5.74. The van der Waals surface area contributed by atoms with Gasteiger partial charge in [0.25, 0.3) is 0 Å². The minimum absolute atomic E-state index is 0.799. The Morgan fingerprint density at radius 3 is 2.65 bits per heavy atom. The summed E-state index contributed by atoms with van der Waals surface area (Å²) in [6.07, 6.45) is 1.58. The van der Waals surface area contributed by atoms with Crippen molar-refractivity contribution >= 4 is 23.0 Å². The fourth-order valence-electron chi connectivity index (χ4n) is 1.55. The van der Waals surface area contributed by atoms with Crippen LogP contribution in [-0.4, -0.2) is 16.5 Å². The molecule has 17 heavy (non-hydrogen) atoms. The second kappa shape index (κ2) is 5.63. The topological polar surface area (TPSA) is 49.8 Å². The number of nitrogens with zero attached hydrogens (tertiary/aromatic N) is 2. The van der Waals surface area contributed by atoms with E-state index in [9.17, 15) is 0 Å². The lowest BCUT2D eigenvalue weighted by molar-refractivity contribution is 1.05. The molecule has 0 saturated carbocycles. The average molecular weight is 248 g/mol. The van der Waals surface area contributed by atoms with Gasteiger partial charge in [0.15, 0.2) is 0 Å². The first-order valence-electron chi connectivity index (χ1n) is 5.61. The number of aromatic nitrogens is 2. The Morgan fingerprint density at radius 2 is 2.00 bits per heavy atom. The standard InChI is InChI=1S/C12H16N4S/c1-3-13-11-9(2)12(16-8-15-11)14-6-10-4-5-17-7-10/h4-5,7-8H,3,6H2,1-2H3,(H2,13,14,15,16). The fourth-order valence-corrected chi connectivity index (χ4v) is 2.22.